The van der Waals surface area contributed by atoms with Gasteiger partial charge in [-0.2, -0.15) is 5.48 Å². The van der Waals surface area contributed by atoms with Crippen LogP contribution in [0.4, 0.5) is 5.69 Å². The molecule has 0 bridgehead atoms. The highest BCUT2D eigenvalue weighted by molar-refractivity contribution is 5.90. The maximum absolute atomic E-state index is 11.2. The van der Waals surface area contributed by atoms with Gasteiger partial charge in [-0.05, 0) is 12.1 Å². The second kappa shape index (κ2) is 5.08. The van der Waals surface area contributed by atoms with E-state index in [0.29, 0.717) is 5.69 Å². The number of carbonyl (C=O) groups is 2. The molecule has 0 atom stereocenters. The van der Waals surface area contributed by atoms with Crippen LogP contribution in [0, 0.1) is 0 Å². The third kappa shape index (κ3) is 3.37. The summed E-state index contributed by atoms with van der Waals surface area (Å²) in [4.78, 5) is 21.3. The number of carbonyl (C=O) groups excluding carboxylic acids is 1. The standard InChI is InChI=1S/C9H9NO5/c11-8(12)5-15-9(13)6-1-3-7(10-14)4-2-6/h1-4,10,14H,5H2,(H,11,12)/p+1. The van der Waals surface area contributed by atoms with Gasteiger partial charge in [0, 0.05) is 12.1 Å². The largest absolute Gasteiger partial charge is 0.479 e. The molecule has 1 aromatic carbocycles. The number of benzene rings is 1. The Morgan fingerprint density at radius 2 is 1.87 bits per heavy atom. The number of carboxylic acid groups (broad SMARTS) is 1. The third-order valence-corrected chi connectivity index (χ3v) is 1.62. The fraction of sp³-hybridized carbons (Fsp3) is 0.111. The summed E-state index contributed by atoms with van der Waals surface area (Å²) in [7, 11) is 0. The lowest BCUT2D eigenvalue weighted by Crippen LogP contribution is -2.73. The van der Waals surface area contributed by atoms with Gasteiger partial charge < -0.3 is 9.84 Å². The van der Waals surface area contributed by atoms with Crippen LogP contribution in [0.15, 0.2) is 24.3 Å². The van der Waals surface area contributed by atoms with Gasteiger partial charge >= 0.3 is 11.9 Å². The quantitative estimate of drug-likeness (QED) is 0.355. The van der Waals surface area contributed by atoms with Gasteiger partial charge in [0.05, 0.1) is 5.56 Å². The molecule has 0 aliphatic carbocycles. The molecule has 0 aliphatic heterocycles. The number of nitrogens with two attached hydrogens (primary N) is 1. The van der Waals surface area contributed by atoms with Gasteiger partial charge in [0.2, 0.25) is 0 Å². The molecule has 0 unspecified atom stereocenters. The van der Waals surface area contributed by atoms with Crippen LogP contribution < -0.4 is 5.48 Å². The first-order valence-electron chi connectivity index (χ1n) is 4.10. The zero-order chi connectivity index (χ0) is 11.3. The summed E-state index contributed by atoms with van der Waals surface area (Å²) >= 11 is 0. The number of rotatable bonds is 4. The van der Waals surface area contributed by atoms with Crippen LogP contribution in [0.5, 0.6) is 0 Å². The van der Waals surface area contributed by atoms with E-state index in [4.69, 9.17) is 10.3 Å². The Balaban J connectivity index is 2.62. The summed E-state index contributed by atoms with van der Waals surface area (Å²) in [6, 6.07) is 5.90. The molecule has 1 aromatic rings. The van der Waals surface area contributed by atoms with Crippen LogP contribution >= 0.6 is 0 Å². The van der Waals surface area contributed by atoms with E-state index in [1.165, 1.54) is 24.3 Å². The number of ether oxygens (including phenoxy) is 1. The third-order valence-electron chi connectivity index (χ3n) is 1.62. The van der Waals surface area contributed by atoms with Gasteiger partial charge in [0.1, 0.15) is 0 Å². The monoisotopic (exact) mass is 212 g/mol. The van der Waals surface area contributed by atoms with Crippen molar-refractivity contribution in [1.82, 2.24) is 0 Å². The molecule has 0 radical (unpaired) electrons. The van der Waals surface area contributed by atoms with Gasteiger partial charge in [-0.3, -0.25) is 0 Å². The molecular formula is C9H10NO5+. The van der Waals surface area contributed by atoms with Gasteiger partial charge in [-0.1, -0.05) is 0 Å². The minimum Gasteiger partial charge on any atom is -0.479 e. The molecule has 6 nitrogen and oxygen atoms in total. The van der Waals surface area contributed by atoms with E-state index in [0.717, 1.165) is 5.48 Å². The van der Waals surface area contributed by atoms with E-state index in [9.17, 15) is 9.59 Å². The molecule has 0 fully saturated rings. The number of hydrogen-bond donors (Lipinski definition) is 3. The topological polar surface area (TPSA) is 100 Å². The van der Waals surface area contributed by atoms with E-state index in [1.54, 1.807) is 0 Å². The summed E-state index contributed by atoms with van der Waals surface area (Å²) < 4.78 is 4.45. The lowest BCUT2D eigenvalue weighted by molar-refractivity contribution is -0.825. The molecule has 0 amide bonds. The zero-order valence-electron chi connectivity index (χ0n) is 7.71. The van der Waals surface area contributed by atoms with E-state index in [-0.39, 0.29) is 5.56 Å². The average Bonchev–Trinajstić information content (AvgIpc) is 2.26. The average molecular weight is 212 g/mol. The first kappa shape index (κ1) is 11.2. The fourth-order valence-electron chi connectivity index (χ4n) is 0.916. The van der Waals surface area contributed by atoms with E-state index < -0.39 is 18.5 Å². The van der Waals surface area contributed by atoms with Crippen LogP contribution in [-0.4, -0.2) is 28.9 Å². The smallest absolute Gasteiger partial charge is 0.341 e. The van der Waals surface area contributed by atoms with Crippen molar-refractivity contribution < 1.29 is 30.1 Å². The molecule has 0 aliphatic rings. The Labute approximate surface area is 85.1 Å². The molecule has 0 heterocycles. The van der Waals surface area contributed by atoms with Crippen molar-refractivity contribution >= 4 is 17.6 Å². The summed E-state index contributed by atoms with van der Waals surface area (Å²) in [5.74, 6) is -1.91. The molecule has 1 rings (SSSR count). The second-order valence-corrected chi connectivity index (χ2v) is 2.72. The molecule has 15 heavy (non-hydrogen) atoms. The van der Waals surface area contributed by atoms with E-state index in [2.05, 4.69) is 4.74 Å². The molecule has 0 spiro atoms. The van der Waals surface area contributed by atoms with Gasteiger partial charge in [0.25, 0.3) is 0 Å². The predicted molar refractivity (Wildman–Crippen MR) is 47.7 cm³/mol. The highest BCUT2D eigenvalue weighted by Crippen LogP contribution is 2.05. The maximum atomic E-state index is 11.2. The van der Waals surface area contributed by atoms with Crippen LogP contribution in [0.25, 0.3) is 0 Å². The van der Waals surface area contributed by atoms with Crippen molar-refractivity contribution in [2.75, 3.05) is 6.61 Å². The van der Waals surface area contributed by atoms with Crippen molar-refractivity contribution in [2.45, 2.75) is 0 Å². The molecule has 80 valence electrons. The van der Waals surface area contributed by atoms with Crippen LogP contribution in [-0.2, 0) is 9.53 Å². The SMILES string of the molecule is O=C(O)COC(=O)c1ccc([NH2+]O)cc1. The number of hydrogen-bond acceptors (Lipinski definition) is 4. The van der Waals surface area contributed by atoms with Crippen molar-refractivity contribution in [1.29, 1.82) is 0 Å². The fourth-order valence-corrected chi connectivity index (χ4v) is 0.916. The van der Waals surface area contributed by atoms with Gasteiger partial charge in [-0.15, -0.1) is 0 Å². The normalized spacial score (nSPS) is 9.67. The predicted octanol–water partition coefficient (Wildman–Crippen LogP) is -0.488. The number of quaternary nitrogens is 1. The molecular weight excluding hydrogens is 202 g/mol. The van der Waals surface area contributed by atoms with E-state index in [1.807, 2.05) is 0 Å². The maximum Gasteiger partial charge on any atom is 0.341 e. The van der Waals surface area contributed by atoms with Crippen molar-refractivity contribution in [3.05, 3.63) is 29.8 Å². The number of esters is 1. The molecule has 4 N–H and O–H groups in total. The van der Waals surface area contributed by atoms with Gasteiger partial charge in [0.15, 0.2) is 12.3 Å². The van der Waals surface area contributed by atoms with Crippen LogP contribution in [0.2, 0.25) is 0 Å². The molecule has 6 heteroatoms. The first-order valence-corrected chi connectivity index (χ1v) is 4.10. The van der Waals surface area contributed by atoms with Crippen molar-refractivity contribution in [3.63, 3.8) is 0 Å². The van der Waals surface area contributed by atoms with Crippen LogP contribution in [0.1, 0.15) is 10.4 Å². The minimum atomic E-state index is -1.20. The summed E-state index contributed by atoms with van der Waals surface area (Å²) in [5, 5.41) is 16.9. The summed E-state index contributed by atoms with van der Waals surface area (Å²) in [5.41, 5.74) is 1.68. The first-order chi connectivity index (χ1) is 7.13. The highest BCUT2D eigenvalue weighted by atomic mass is 16.5. The lowest BCUT2D eigenvalue weighted by Gasteiger charge is -2.01. The van der Waals surface area contributed by atoms with E-state index >= 15 is 0 Å². The zero-order valence-corrected chi connectivity index (χ0v) is 7.71. The van der Waals surface area contributed by atoms with Gasteiger partial charge in [-0.25, -0.2) is 14.8 Å². The Morgan fingerprint density at radius 3 is 2.33 bits per heavy atom. The Morgan fingerprint density at radius 1 is 1.27 bits per heavy atom. The Bertz CT molecular complexity index is 359. The highest BCUT2D eigenvalue weighted by Gasteiger charge is 2.09. The molecule has 0 aromatic heterocycles. The van der Waals surface area contributed by atoms with Crippen molar-refractivity contribution in [3.8, 4) is 0 Å². The Kier molecular flexibility index (Phi) is 3.78. The molecule has 0 saturated carbocycles. The molecule has 0 saturated heterocycles. The summed E-state index contributed by atoms with van der Waals surface area (Å²) in [6.45, 7) is -0.660. The van der Waals surface area contributed by atoms with Crippen molar-refractivity contribution in [2.24, 2.45) is 0 Å². The second-order valence-electron chi connectivity index (χ2n) is 2.72. The Hall–Kier alpha value is -1.92. The lowest BCUT2D eigenvalue weighted by atomic mass is 10.2. The minimum absolute atomic E-state index is 0.238. The number of carboxylic acids is 1. The van der Waals surface area contributed by atoms with Crippen LogP contribution in [0.3, 0.4) is 0 Å². The number of aliphatic carboxylic acids is 1. The summed E-state index contributed by atoms with van der Waals surface area (Å²) in [6.07, 6.45) is 0.